The molecule has 0 N–H and O–H groups in total. The van der Waals surface area contributed by atoms with Crippen LogP contribution in [0, 0.1) is 0 Å². The van der Waals surface area contributed by atoms with E-state index in [2.05, 4.69) is 6.07 Å². The third-order valence-corrected chi connectivity index (χ3v) is 6.17. The normalized spacial score (nSPS) is 15.8. The van der Waals surface area contributed by atoms with E-state index in [4.69, 9.17) is 4.74 Å². The summed E-state index contributed by atoms with van der Waals surface area (Å²) in [7, 11) is 3.23. The van der Waals surface area contributed by atoms with Gasteiger partial charge in [0.25, 0.3) is 0 Å². The second-order valence-electron chi connectivity index (χ2n) is 8.15. The van der Waals surface area contributed by atoms with Crippen molar-refractivity contribution in [3.8, 4) is 0 Å². The third-order valence-electron chi connectivity index (χ3n) is 6.17. The number of amides is 1. The maximum absolute atomic E-state index is 13.5. The van der Waals surface area contributed by atoms with Gasteiger partial charge in [0.05, 0.1) is 19.7 Å². The van der Waals surface area contributed by atoms with Crippen molar-refractivity contribution in [1.82, 2.24) is 9.80 Å². The smallest absolute Gasteiger partial charge is 0.323 e. The highest BCUT2D eigenvalue weighted by Gasteiger charge is 2.35. The fourth-order valence-corrected chi connectivity index (χ4v) is 4.45. The van der Waals surface area contributed by atoms with Crippen LogP contribution in [-0.2, 0) is 27.3 Å². The number of nitrogens with zero attached hydrogens (tertiary/aromatic N) is 2. The van der Waals surface area contributed by atoms with E-state index in [1.807, 2.05) is 90.8 Å². The lowest BCUT2D eigenvalue weighted by atomic mass is 9.93. The van der Waals surface area contributed by atoms with E-state index in [1.165, 1.54) is 7.11 Å². The van der Waals surface area contributed by atoms with Gasteiger partial charge in [-0.3, -0.25) is 14.5 Å². The first-order valence-electron chi connectivity index (χ1n) is 10.8. The predicted octanol–water partition coefficient (Wildman–Crippen LogP) is 3.83. The molecule has 32 heavy (non-hydrogen) atoms. The van der Waals surface area contributed by atoms with Crippen molar-refractivity contribution < 1.29 is 14.3 Å². The molecule has 1 aliphatic rings. The second kappa shape index (κ2) is 9.79. The molecule has 0 aliphatic carbocycles. The lowest BCUT2D eigenvalue weighted by Gasteiger charge is -2.37. The maximum Gasteiger partial charge on any atom is 0.323 e. The first-order valence-corrected chi connectivity index (χ1v) is 10.8. The monoisotopic (exact) mass is 428 g/mol. The predicted molar refractivity (Wildman–Crippen MR) is 124 cm³/mol. The molecule has 4 rings (SSSR count). The lowest BCUT2D eigenvalue weighted by Crippen LogP contribution is -2.50. The number of carbonyl (C=O) groups is 2. The van der Waals surface area contributed by atoms with Gasteiger partial charge in [0.1, 0.15) is 6.04 Å². The minimum absolute atomic E-state index is 0.0454. The first kappa shape index (κ1) is 21.8. The van der Waals surface area contributed by atoms with Crippen LogP contribution in [0.3, 0.4) is 0 Å². The van der Waals surface area contributed by atoms with Gasteiger partial charge in [0.15, 0.2) is 0 Å². The average molecular weight is 429 g/mol. The van der Waals surface area contributed by atoms with E-state index in [0.717, 1.165) is 22.3 Å². The van der Waals surface area contributed by atoms with Crippen LogP contribution in [-0.4, -0.2) is 48.4 Å². The summed E-state index contributed by atoms with van der Waals surface area (Å²) in [5, 5.41) is 0. The Morgan fingerprint density at radius 3 is 2.00 bits per heavy atom. The van der Waals surface area contributed by atoms with Gasteiger partial charge in [0, 0.05) is 13.6 Å². The molecule has 5 heteroatoms. The zero-order valence-corrected chi connectivity index (χ0v) is 18.5. The van der Waals surface area contributed by atoms with Crippen LogP contribution < -0.4 is 0 Å². The van der Waals surface area contributed by atoms with Crippen molar-refractivity contribution in [2.24, 2.45) is 0 Å². The van der Waals surface area contributed by atoms with E-state index < -0.39 is 6.04 Å². The van der Waals surface area contributed by atoms with E-state index in [0.29, 0.717) is 13.0 Å². The fraction of sp³-hybridized carbons (Fsp3) is 0.259. The summed E-state index contributed by atoms with van der Waals surface area (Å²) in [5.74, 6) is -0.353. The van der Waals surface area contributed by atoms with Crippen molar-refractivity contribution in [1.29, 1.82) is 0 Å². The van der Waals surface area contributed by atoms with E-state index in [-0.39, 0.29) is 24.5 Å². The van der Waals surface area contributed by atoms with E-state index in [9.17, 15) is 9.59 Å². The molecule has 3 aromatic rings. The quantitative estimate of drug-likeness (QED) is 0.560. The third kappa shape index (κ3) is 4.58. The molecular formula is C27H28N2O3. The van der Waals surface area contributed by atoms with E-state index >= 15 is 0 Å². The molecule has 1 amide bonds. The molecule has 3 aromatic carbocycles. The highest BCUT2D eigenvalue weighted by atomic mass is 16.5. The summed E-state index contributed by atoms with van der Waals surface area (Å²) in [6.07, 6.45) is 0.542. The highest BCUT2D eigenvalue weighted by Crippen LogP contribution is 2.29. The summed E-state index contributed by atoms with van der Waals surface area (Å²) >= 11 is 0. The van der Waals surface area contributed by atoms with Gasteiger partial charge in [-0.25, -0.2) is 0 Å². The van der Waals surface area contributed by atoms with E-state index in [1.54, 1.807) is 4.90 Å². The number of hydrogen-bond donors (Lipinski definition) is 0. The Morgan fingerprint density at radius 1 is 0.906 bits per heavy atom. The zero-order chi connectivity index (χ0) is 22.5. The summed E-state index contributed by atoms with van der Waals surface area (Å²) in [4.78, 5) is 29.7. The van der Waals surface area contributed by atoms with Crippen molar-refractivity contribution >= 4 is 11.9 Å². The number of hydrogen-bond acceptors (Lipinski definition) is 4. The molecule has 0 radical (unpaired) electrons. The molecule has 0 bridgehead atoms. The minimum Gasteiger partial charge on any atom is -0.468 e. The molecule has 0 spiro atoms. The Labute approximate surface area is 189 Å². The number of rotatable bonds is 6. The summed E-state index contributed by atoms with van der Waals surface area (Å²) < 4.78 is 5.06. The number of fused-ring (bicyclic) bond motifs is 1. The van der Waals surface area contributed by atoms with Gasteiger partial charge < -0.3 is 9.64 Å². The molecule has 1 aliphatic heterocycles. The molecule has 164 valence electrons. The summed E-state index contributed by atoms with van der Waals surface area (Å²) in [6, 6.07) is 27.4. The summed E-state index contributed by atoms with van der Waals surface area (Å²) in [5.41, 5.74) is 4.36. The number of ether oxygens (including phenoxy) is 1. The Balaban J connectivity index is 1.60. The number of esters is 1. The first-order chi connectivity index (χ1) is 15.6. The fourth-order valence-electron chi connectivity index (χ4n) is 4.45. The van der Waals surface area contributed by atoms with Gasteiger partial charge in [-0.05, 0) is 28.7 Å². The van der Waals surface area contributed by atoms with Crippen molar-refractivity contribution in [2.45, 2.75) is 25.0 Å². The van der Waals surface area contributed by atoms with Crippen LogP contribution in [0.5, 0.6) is 0 Å². The van der Waals surface area contributed by atoms with Crippen molar-refractivity contribution in [2.75, 3.05) is 20.7 Å². The maximum atomic E-state index is 13.5. The SMILES string of the molecule is COC(=O)C1Cc2ccccc2CN1CC(=O)N(C)C(c1ccccc1)c1ccccc1. The number of methoxy groups -OCH3 is 1. The van der Waals surface area contributed by atoms with Crippen LogP contribution in [0.2, 0.25) is 0 Å². The molecular weight excluding hydrogens is 400 g/mol. The van der Waals surface area contributed by atoms with Crippen LogP contribution >= 0.6 is 0 Å². The van der Waals surface area contributed by atoms with Crippen LogP contribution in [0.1, 0.15) is 28.3 Å². The Kier molecular flexibility index (Phi) is 6.66. The molecule has 1 unspecified atom stereocenters. The Bertz CT molecular complexity index is 1030. The van der Waals surface area contributed by atoms with Gasteiger partial charge >= 0.3 is 5.97 Å². The molecule has 5 nitrogen and oxygen atoms in total. The topological polar surface area (TPSA) is 49.9 Å². The van der Waals surface area contributed by atoms with Crippen LogP contribution in [0.25, 0.3) is 0 Å². The van der Waals surface area contributed by atoms with Gasteiger partial charge in [-0.2, -0.15) is 0 Å². The summed E-state index contributed by atoms with van der Waals surface area (Å²) in [6.45, 7) is 0.678. The molecule has 0 saturated heterocycles. The average Bonchev–Trinajstić information content (AvgIpc) is 2.84. The van der Waals surface area contributed by atoms with Crippen LogP contribution in [0.4, 0.5) is 0 Å². The Hall–Kier alpha value is -3.44. The van der Waals surface area contributed by atoms with Crippen LogP contribution in [0.15, 0.2) is 84.9 Å². The second-order valence-corrected chi connectivity index (χ2v) is 8.15. The molecule has 1 atom stereocenters. The van der Waals surface area contributed by atoms with Crippen molar-refractivity contribution in [3.63, 3.8) is 0 Å². The van der Waals surface area contributed by atoms with Gasteiger partial charge in [0.2, 0.25) is 5.91 Å². The number of benzene rings is 3. The highest BCUT2D eigenvalue weighted by molar-refractivity contribution is 5.81. The number of carbonyl (C=O) groups excluding carboxylic acids is 2. The molecule has 0 fully saturated rings. The zero-order valence-electron chi connectivity index (χ0n) is 18.5. The largest absolute Gasteiger partial charge is 0.468 e. The molecule has 0 saturated carbocycles. The van der Waals surface area contributed by atoms with Crippen molar-refractivity contribution in [3.05, 3.63) is 107 Å². The number of likely N-dealkylation sites (N-methyl/N-ethyl adjacent to an activating group) is 1. The Morgan fingerprint density at radius 2 is 1.44 bits per heavy atom. The standard InChI is InChI=1S/C27H28N2O3/c1-28(26(20-11-5-3-6-12-20)21-13-7-4-8-14-21)25(30)19-29-18-23-16-10-9-15-22(23)17-24(29)27(31)32-2/h3-16,24,26H,17-19H2,1-2H3. The lowest BCUT2D eigenvalue weighted by molar-refractivity contribution is -0.149. The minimum atomic E-state index is -0.473. The van der Waals surface area contributed by atoms with Gasteiger partial charge in [-0.15, -0.1) is 0 Å². The molecule has 1 heterocycles. The molecule has 0 aromatic heterocycles. The van der Waals surface area contributed by atoms with Gasteiger partial charge in [-0.1, -0.05) is 84.9 Å².